The number of benzene rings is 1. The Morgan fingerprint density at radius 2 is 1.67 bits per heavy atom. The van der Waals surface area contributed by atoms with E-state index in [4.69, 9.17) is 4.74 Å². The first kappa shape index (κ1) is 23.2. The molecule has 0 amide bonds. The van der Waals surface area contributed by atoms with Gasteiger partial charge in [-0.05, 0) is 74.3 Å². The van der Waals surface area contributed by atoms with Crippen molar-refractivity contribution in [3.8, 4) is 0 Å². The average Bonchev–Trinajstić information content (AvgIpc) is 2.89. The number of ether oxygens (including phenoxy) is 1. The molecule has 1 saturated carbocycles. The van der Waals surface area contributed by atoms with Gasteiger partial charge in [0.1, 0.15) is 0 Å². The topological polar surface area (TPSA) is 19.0 Å². The second-order valence-electron chi connectivity index (χ2n) is 11.0. The second kappa shape index (κ2) is 10.8. The van der Waals surface area contributed by atoms with E-state index >= 15 is 0 Å². The van der Waals surface area contributed by atoms with Crippen molar-refractivity contribution in [2.45, 2.75) is 71.1 Å². The molecule has 0 bridgehead atoms. The van der Waals surface area contributed by atoms with Crippen LogP contribution >= 0.6 is 0 Å². The zero-order chi connectivity index (χ0) is 22.5. The number of rotatable bonds is 6. The van der Waals surface area contributed by atoms with Crippen molar-refractivity contribution in [1.29, 1.82) is 0 Å². The fourth-order valence-electron chi connectivity index (χ4n) is 6.61. The molecule has 0 radical (unpaired) electrons. The molecule has 0 aromatic heterocycles. The number of morpholine rings is 1. The number of piperazine rings is 1. The van der Waals surface area contributed by atoms with Crippen LogP contribution in [0.25, 0.3) is 5.57 Å². The molecular weight excluding hydrogens is 406 g/mol. The SMILES string of the molecule is CCCCN1CCN(c2ccc(N3CCOCC3)cc2C2=CCC3(CCCCC3)CC2)CC1. The maximum Gasteiger partial charge on any atom is 0.0642 e. The highest BCUT2D eigenvalue weighted by molar-refractivity contribution is 5.80. The van der Waals surface area contributed by atoms with E-state index in [-0.39, 0.29) is 0 Å². The predicted octanol–water partition coefficient (Wildman–Crippen LogP) is 5.96. The molecule has 1 spiro atoms. The van der Waals surface area contributed by atoms with E-state index < -0.39 is 0 Å². The Hall–Kier alpha value is -1.52. The zero-order valence-corrected chi connectivity index (χ0v) is 21.0. The molecule has 5 rings (SSSR count). The Morgan fingerprint density at radius 1 is 0.879 bits per heavy atom. The van der Waals surface area contributed by atoms with Crippen LogP contribution in [0.15, 0.2) is 24.3 Å². The summed E-state index contributed by atoms with van der Waals surface area (Å²) in [5.41, 5.74) is 6.62. The number of hydrogen-bond acceptors (Lipinski definition) is 4. The molecule has 0 unspecified atom stereocenters. The van der Waals surface area contributed by atoms with E-state index in [9.17, 15) is 0 Å². The minimum atomic E-state index is 0.620. The highest BCUT2D eigenvalue weighted by Crippen LogP contribution is 2.49. The van der Waals surface area contributed by atoms with Gasteiger partial charge in [-0.15, -0.1) is 0 Å². The smallest absolute Gasteiger partial charge is 0.0642 e. The third-order valence-corrected chi connectivity index (χ3v) is 8.86. The largest absolute Gasteiger partial charge is 0.378 e. The van der Waals surface area contributed by atoms with Crippen LogP contribution in [-0.2, 0) is 4.74 Å². The van der Waals surface area contributed by atoms with Crippen LogP contribution in [0, 0.1) is 5.41 Å². The Kier molecular flexibility index (Phi) is 7.62. The van der Waals surface area contributed by atoms with Gasteiger partial charge in [-0.25, -0.2) is 0 Å². The van der Waals surface area contributed by atoms with E-state index in [1.54, 1.807) is 5.57 Å². The molecule has 3 fully saturated rings. The van der Waals surface area contributed by atoms with Crippen LogP contribution in [0.3, 0.4) is 0 Å². The van der Waals surface area contributed by atoms with E-state index in [2.05, 4.69) is 45.9 Å². The van der Waals surface area contributed by atoms with Crippen molar-refractivity contribution in [3.05, 3.63) is 29.8 Å². The van der Waals surface area contributed by atoms with E-state index in [0.29, 0.717) is 5.41 Å². The quantitative estimate of drug-likeness (QED) is 0.531. The summed E-state index contributed by atoms with van der Waals surface area (Å²) < 4.78 is 5.62. The molecule has 4 aliphatic rings. The highest BCUT2D eigenvalue weighted by Gasteiger charge is 2.34. The van der Waals surface area contributed by atoms with Gasteiger partial charge in [-0.2, -0.15) is 0 Å². The molecule has 2 heterocycles. The normalized spacial score (nSPS) is 24.2. The predicted molar refractivity (Wildman–Crippen MR) is 140 cm³/mol. The van der Waals surface area contributed by atoms with Gasteiger partial charge in [0, 0.05) is 56.2 Å². The van der Waals surface area contributed by atoms with Crippen molar-refractivity contribution in [3.63, 3.8) is 0 Å². The van der Waals surface area contributed by atoms with Crippen molar-refractivity contribution < 1.29 is 4.74 Å². The van der Waals surface area contributed by atoms with Crippen LogP contribution in [-0.4, -0.2) is 63.9 Å². The average molecular weight is 452 g/mol. The van der Waals surface area contributed by atoms with Gasteiger partial charge < -0.3 is 14.5 Å². The molecular formula is C29H45N3O. The van der Waals surface area contributed by atoms with Crippen LogP contribution < -0.4 is 9.80 Å². The zero-order valence-electron chi connectivity index (χ0n) is 21.0. The number of anilines is 2. The molecule has 1 aromatic carbocycles. The number of allylic oxidation sites excluding steroid dienone is 2. The molecule has 182 valence electrons. The lowest BCUT2D eigenvalue weighted by Gasteiger charge is -2.41. The first-order chi connectivity index (χ1) is 16.3. The Balaban J connectivity index is 1.38. The molecule has 2 aliphatic carbocycles. The summed E-state index contributed by atoms with van der Waals surface area (Å²) >= 11 is 0. The van der Waals surface area contributed by atoms with Crippen molar-refractivity contribution in [1.82, 2.24) is 4.90 Å². The summed E-state index contributed by atoms with van der Waals surface area (Å²) in [7, 11) is 0. The molecule has 33 heavy (non-hydrogen) atoms. The molecule has 2 aliphatic heterocycles. The lowest BCUT2D eigenvalue weighted by molar-refractivity contribution is 0.122. The fraction of sp³-hybridized carbons (Fsp3) is 0.724. The third kappa shape index (κ3) is 5.43. The Bertz CT molecular complexity index is 799. The van der Waals surface area contributed by atoms with Gasteiger partial charge >= 0.3 is 0 Å². The maximum atomic E-state index is 5.62. The van der Waals surface area contributed by atoms with Gasteiger partial charge in [0.25, 0.3) is 0 Å². The van der Waals surface area contributed by atoms with E-state index in [1.807, 2.05) is 0 Å². The van der Waals surface area contributed by atoms with Crippen LogP contribution in [0.5, 0.6) is 0 Å². The van der Waals surface area contributed by atoms with Gasteiger partial charge in [0.2, 0.25) is 0 Å². The molecule has 1 aromatic rings. The maximum absolute atomic E-state index is 5.62. The summed E-state index contributed by atoms with van der Waals surface area (Å²) in [6.45, 7) is 12.0. The highest BCUT2D eigenvalue weighted by atomic mass is 16.5. The lowest BCUT2D eigenvalue weighted by Crippen LogP contribution is -2.47. The van der Waals surface area contributed by atoms with Crippen LogP contribution in [0.2, 0.25) is 0 Å². The second-order valence-corrected chi connectivity index (χ2v) is 11.0. The molecule has 0 N–H and O–H groups in total. The standard InChI is InChI=1S/C29H45N3O/c1-2-3-15-30-16-18-32(19-17-30)28-8-7-26(31-20-22-33-23-21-31)24-27(28)25-9-13-29(14-10-25)11-5-4-6-12-29/h7-9,24H,2-6,10-23H2,1H3. The molecule has 4 heteroatoms. The lowest BCUT2D eigenvalue weighted by atomic mass is 9.65. The van der Waals surface area contributed by atoms with E-state index in [1.165, 1.54) is 101 Å². The first-order valence-electron chi connectivity index (χ1n) is 13.9. The van der Waals surface area contributed by atoms with Crippen molar-refractivity contribution >= 4 is 16.9 Å². The van der Waals surface area contributed by atoms with Crippen LogP contribution in [0.1, 0.15) is 76.7 Å². The number of unbranched alkanes of at least 4 members (excludes halogenated alkanes) is 1. The van der Waals surface area contributed by atoms with Gasteiger partial charge in [-0.3, -0.25) is 4.90 Å². The third-order valence-electron chi connectivity index (χ3n) is 8.86. The fourth-order valence-corrected chi connectivity index (χ4v) is 6.61. The molecule has 2 saturated heterocycles. The minimum absolute atomic E-state index is 0.620. The monoisotopic (exact) mass is 451 g/mol. The summed E-state index contributed by atoms with van der Waals surface area (Å²) in [6, 6.07) is 7.34. The summed E-state index contributed by atoms with van der Waals surface area (Å²) in [6.07, 6.45) is 16.5. The first-order valence-corrected chi connectivity index (χ1v) is 13.9. The summed E-state index contributed by atoms with van der Waals surface area (Å²) in [5.74, 6) is 0. The van der Waals surface area contributed by atoms with Crippen molar-refractivity contribution in [2.24, 2.45) is 5.41 Å². The van der Waals surface area contributed by atoms with E-state index in [0.717, 1.165) is 39.4 Å². The van der Waals surface area contributed by atoms with Crippen LogP contribution in [0.4, 0.5) is 11.4 Å². The van der Waals surface area contributed by atoms with Gasteiger partial charge in [-0.1, -0.05) is 38.7 Å². The van der Waals surface area contributed by atoms with Crippen molar-refractivity contribution in [2.75, 3.05) is 68.8 Å². The molecule has 4 nitrogen and oxygen atoms in total. The summed E-state index contributed by atoms with van der Waals surface area (Å²) in [4.78, 5) is 7.85. The number of hydrogen-bond donors (Lipinski definition) is 0. The molecule has 0 atom stereocenters. The number of nitrogens with zero attached hydrogens (tertiary/aromatic N) is 3. The Morgan fingerprint density at radius 3 is 2.36 bits per heavy atom. The van der Waals surface area contributed by atoms with Gasteiger partial charge in [0.05, 0.1) is 13.2 Å². The van der Waals surface area contributed by atoms with Gasteiger partial charge in [0.15, 0.2) is 0 Å². The summed E-state index contributed by atoms with van der Waals surface area (Å²) in [5, 5.41) is 0. The minimum Gasteiger partial charge on any atom is -0.378 e. The Labute approximate surface area is 202 Å².